The van der Waals surface area contributed by atoms with E-state index in [0.29, 0.717) is 12.8 Å². The summed E-state index contributed by atoms with van der Waals surface area (Å²) >= 11 is 0. The van der Waals surface area contributed by atoms with E-state index in [1.54, 1.807) is 27.7 Å². The molecule has 2 rings (SSSR count). The van der Waals surface area contributed by atoms with E-state index in [9.17, 15) is 13.2 Å². The van der Waals surface area contributed by atoms with Gasteiger partial charge in [0, 0.05) is 6.04 Å². The summed E-state index contributed by atoms with van der Waals surface area (Å²) in [6, 6.07) is -0.289. The van der Waals surface area contributed by atoms with Gasteiger partial charge >= 0.3 is 0 Å². The maximum atomic E-state index is 12.8. The second-order valence-corrected chi connectivity index (χ2v) is 8.50. The molecule has 0 aromatic rings. The first kappa shape index (κ1) is 13.8. The molecule has 5 heteroatoms. The second kappa shape index (κ2) is 3.95. The Morgan fingerprint density at radius 3 is 2.00 bits per heavy atom. The normalized spacial score (nSPS) is 29.2. The molecule has 1 saturated heterocycles. The summed E-state index contributed by atoms with van der Waals surface area (Å²) in [7, 11) is -3.52. The number of sulfonamides is 1. The third kappa shape index (κ3) is 1.43. The fourth-order valence-corrected chi connectivity index (χ4v) is 6.52. The van der Waals surface area contributed by atoms with Gasteiger partial charge in [-0.1, -0.05) is 19.3 Å². The van der Waals surface area contributed by atoms with Crippen LogP contribution in [0, 0.1) is 5.41 Å². The molecule has 1 spiro atoms. The van der Waals surface area contributed by atoms with Gasteiger partial charge in [-0.25, -0.2) is 12.7 Å². The minimum Gasteiger partial charge on any atom is -0.273 e. The Hall–Kier alpha value is -0.580. The van der Waals surface area contributed by atoms with Crippen LogP contribution in [0.5, 0.6) is 0 Å². The SMILES string of the molecule is CC(C)N1C(=O)C(C)(C)C2(CCCCC2)S1(=O)=O. The van der Waals surface area contributed by atoms with Gasteiger partial charge in [0.05, 0.1) is 5.41 Å². The van der Waals surface area contributed by atoms with Crippen LogP contribution in [0.3, 0.4) is 0 Å². The average Bonchev–Trinajstić information content (AvgIpc) is 2.37. The molecule has 1 saturated carbocycles. The van der Waals surface area contributed by atoms with E-state index in [0.717, 1.165) is 23.6 Å². The van der Waals surface area contributed by atoms with E-state index in [-0.39, 0.29) is 11.9 Å². The molecular weight excluding hydrogens is 250 g/mol. The minimum absolute atomic E-state index is 0.223. The zero-order chi connectivity index (χ0) is 13.8. The van der Waals surface area contributed by atoms with Crippen molar-refractivity contribution in [2.75, 3.05) is 0 Å². The molecule has 1 amide bonds. The Kier molecular flexibility index (Phi) is 3.04. The fourth-order valence-electron chi connectivity index (χ4n) is 3.61. The molecule has 0 radical (unpaired) electrons. The Balaban J connectivity index is 2.62. The molecule has 104 valence electrons. The second-order valence-electron chi connectivity index (χ2n) is 6.38. The van der Waals surface area contributed by atoms with Gasteiger partial charge in [-0.2, -0.15) is 0 Å². The van der Waals surface area contributed by atoms with Crippen molar-refractivity contribution in [2.45, 2.75) is 70.6 Å². The van der Waals surface area contributed by atoms with E-state index in [2.05, 4.69) is 0 Å². The van der Waals surface area contributed by atoms with Gasteiger partial charge in [0.15, 0.2) is 0 Å². The molecule has 0 bridgehead atoms. The molecule has 0 N–H and O–H groups in total. The highest BCUT2D eigenvalue weighted by atomic mass is 32.2. The van der Waals surface area contributed by atoms with Crippen molar-refractivity contribution < 1.29 is 13.2 Å². The fraction of sp³-hybridized carbons (Fsp3) is 0.923. The molecule has 2 fully saturated rings. The van der Waals surface area contributed by atoms with E-state index in [1.165, 1.54) is 0 Å². The molecule has 18 heavy (non-hydrogen) atoms. The molecule has 0 aromatic heterocycles. The first-order chi connectivity index (χ1) is 8.18. The lowest BCUT2D eigenvalue weighted by Crippen LogP contribution is -2.49. The highest BCUT2D eigenvalue weighted by Crippen LogP contribution is 2.55. The summed E-state index contributed by atoms with van der Waals surface area (Å²) in [5.74, 6) is -0.223. The van der Waals surface area contributed by atoms with Crippen LogP contribution in [0.15, 0.2) is 0 Å². The standard InChI is InChI=1S/C13H23NO3S/c1-10(2)14-11(15)12(3,4)13(18(14,16)17)8-6-5-7-9-13/h10H,5-9H2,1-4H3. The number of carbonyl (C=O) groups excluding carboxylic acids is 1. The average molecular weight is 273 g/mol. The van der Waals surface area contributed by atoms with E-state index in [4.69, 9.17) is 0 Å². The van der Waals surface area contributed by atoms with Gasteiger partial charge in [-0.15, -0.1) is 0 Å². The highest BCUT2D eigenvalue weighted by Gasteiger charge is 2.68. The van der Waals surface area contributed by atoms with Crippen LogP contribution in [-0.4, -0.2) is 29.4 Å². The first-order valence-electron chi connectivity index (χ1n) is 6.77. The van der Waals surface area contributed by atoms with Gasteiger partial charge in [0.2, 0.25) is 15.9 Å². The zero-order valence-corrected chi connectivity index (χ0v) is 12.5. The summed E-state index contributed by atoms with van der Waals surface area (Å²) in [5.41, 5.74) is -0.795. The van der Waals surface area contributed by atoms with Crippen LogP contribution < -0.4 is 0 Å². The van der Waals surface area contributed by atoms with Crippen molar-refractivity contribution in [1.29, 1.82) is 0 Å². The third-order valence-corrected chi connectivity index (χ3v) is 7.77. The van der Waals surface area contributed by atoms with Crippen LogP contribution >= 0.6 is 0 Å². The first-order valence-corrected chi connectivity index (χ1v) is 8.21. The Labute approximate surface area is 110 Å². The highest BCUT2D eigenvalue weighted by molar-refractivity contribution is 7.91. The lowest BCUT2D eigenvalue weighted by Gasteiger charge is -2.39. The Morgan fingerprint density at radius 2 is 1.61 bits per heavy atom. The van der Waals surface area contributed by atoms with E-state index in [1.807, 2.05) is 0 Å². The molecule has 0 atom stereocenters. The largest absolute Gasteiger partial charge is 0.273 e. The van der Waals surface area contributed by atoms with Crippen molar-refractivity contribution in [3.63, 3.8) is 0 Å². The van der Waals surface area contributed by atoms with Crippen LogP contribution in [0.1, 0.15) is 59.8 Å². The smallest absolute Gasteiger partial charge is 0.244 e. The quantitative estimate of drug-likeness (QED) is 0.736. The molecule has 0 aromatic carbocycles. The number of nitrogens with zero attached hydrogens (tertiary/aromatic N) is 1. The van der Waals surface area contributed by atoms with E-state index < -0.39 is 20.2 Å². The summed E-state index contributed by atoms with van der Waals surface area (Å²) in [6.07, 6.45) is 4.13. The zero-order valence-electron chi connectivity index (χ0n) is 11.7. The van der Waals surface area contributed by atoms with Crippen LogP contribution in [0.25, 0.3) is 0 Å². The van der Waals surface area contributed by atoms with Crippen molar-refractivity contribution >= 4 is 15.9 Å². The summed E-state index contributed by atoms with van der Waals surface area (Å²) < 4.78 is 26.0. The molecule has 1 heterocycles. The van der Waals surface area contributed by atoms with Crippen molar-refractivity contribution in [3.05, 3.63) is 0 Å². The molecule has 0 unspecified atom stereocenters. The topological polar surface area (TPSA) is 54.5 Å². The van der Waals surface area contributed by atoms with E-state index >= 15 is 0 Å². The number of hydrogen-bond acceptors (Lipinski definition) is 3. The predicted octanol–water partition coefficient (Wildman–Crippen LogP) is 2.30. The summed E-state index contributed by atoms with van der Waals surface area (Å²) in [4.78, 5) is 12.5. The van der Waals surface area contributed by atoms with Crippen LogP contribution in [0.4, 0.5) is 0 Å². The van der Waals surface area contributed by atoms with Crippen LogP contribution in [-0.2, 0) is 14.8 Å². The minimum atomic E-state index is -3.52. The molecule has 4 nitrogen and oxygen atoms in total. The van der Waals surface area contributed by atoms with Gasteiger partial charge in [-0.05, 0) is 40.5 Å². The Morgan fingerprint density at radius 1 is 1.11 bits per heavy atom. The number of hydrogen-bond donors (Lipinski definition) is 0. The third-order valence-electron chi connectivity index (χ3n) is 4.76. The molecule has 1 aliphatic heterocycles. The van der Waals surface area contributed by atoms with Crippen LogP contribution in [0.2, 0.25) is 0 Å². The number of rotatable bonds is 1. The summed E-state index contributed by atoms with van der Waals surface area (Å²) in [6.45, 7) is 7.15. The molecule has 1 aliphatic carbocycles. The molecule has 2 aliphatic rings. The van der Waals surface area contributed by atoms with Gasteiger partial charge in [0.1, 0.15) is 4.75 Å². The van der Waals surface area contributed by atoms with Gasteiger partial charge in [-0.3, -0.25) is 4.79 Å². The van der Waals surface area contributed by atoms with Crippen molar-refractivity contribution in [2.24, 2.45) is 5.41 Å². The molecular formula is C13H23NO3S. The maximum absolute atomic E-state index is 12.8. The van der Waals surface area contributed by atoms with Gasteiger partial charge < -0.3 is 0 Å². The lowest BCUT2D eigenvalue weighted by atomic mass is 9.69. The van der Waals surface area contributed by atoms with Crippen molar-refractivity contribution in [3.8, 4) is 0 Å². The van der Waals surface area contributed by atoms with Gasteiger partial charge in [0.25, 0.3) is 0 Å². The lowest BCUT2D eigenvalue weighted by molar-refractivity contribution is -0.135. The maximum Gasteiger partial charge on any atom is 0.244 e. The number of carbonyl (C=O) groups is 1. The Bertz CT molecular complexity index is 459. The summed E-state index contributed by atoms with van der Waals surface area (Å²) in [5, 5.41) is 0. The number of amides is 1. The van der Waals surface area contributed by atoms with Crippen molar-refractivity contribution in [1.82, 2.24) is 4.31 Å². The predicted molar refractivity (Wildman–Crippen MR) is 70.5 cm³/mol. The monoisotopic (exact) mass is 273 g/mol.